The largest absolute Gasteiger partial charge is 0.492 e. The summed E-state index contributed by atoms with van der Waals surface area (Å²) in [6.45, 7) is 0.254. The van der Waals surface area contributed by atoms with Crippen molar-refractivity contribution in [3.8, 4) is 5.75 Å². The molecule has 1 heterocycles. The Morgan fingerprint density at radius 1 is 0.875 bits per heavy atom. The average Bonchev–Trinajstić information content (AvgIpc) is 2.73. The quantitative estimate of drug-likeness (QED) is 0.518. The summed E-state index contributed by atoms with van der Waals surface area (Å²) in [5, 5.41) is 0. The van der Waals surface area contributed by atoms with E-state index in [1.165, 1.54) is 12.5 Å². The van der Waals surface area contributed by atoms with Crippen LogP contribution in [-0.2, 0) is 19.7 Å². The Labute approximate surface area is 190 Å². The van der Waals surface area contributed by atoms with Crippen LogP contribution in [0.4, 0.5) is 0 Å². The Bertz CT molecular complexity index is 1100. The fourth-order valence-electron chi connectivity index (χ4n) is 4.34. The Balaban J connectivity index is 1.91. The maximum atomic E-state index is 13.2. The van der Waals surface area contributed by atoms with Crippen LogP contribution in [0.15, 0.2) is 54.6 Å². The molecule has 6 nitrogen and oxygen atoms in total. The first-order valence-corrected chi connectivity index (χ1v) is 14.8. The van der Waals surface area contributed by atoms with Crippen molar-refractivity contribution in [1.82, 2.24) is 0 Å². The second-order valence-corrected chi connectivity index (χ2v) is 13.2. The van der Waals surface area contributed by atoms with Gasteiger partial charge in [-0.1, -0.05) is 42.5 Å². The van der Waals surface area contributed by atoms with E-state index in [2.05, 4.69) is 0 Å². The highest BCUT2D eigenvalue weighted by atomic mass is 32.2. The van der Waals surface area contributed by atoms with E-state index in [1.807, 2.05) is 36.4 Å². The summed E-state index contributed by atoms with van der Waals surface area (Å²) in [5.74, 6) is -0.206. The van der Waals surface area contributed by atoms with Gasteiger partial charge in [0, 0.05) is 12.5 Å². The van der Waals surface area contributed by atoms with Gasteiger partial charge in [-0.3, -0.25) is 4.79 Å². The second kappa shape index (κ2) is 10.2. The molecule has 174 valence electrons. The minimum atomic E-state index is -3.21. The van der Waals surface area contributed by atoms with Gasteiger partial charge in [0.25, 0.3) is 0 Å². The number of sulfone groups is 2. The van der Waals surface area contributed by atoms with Crippen LogP contribution in [-0.4, -0.2) is 53.2 Å². The number of Topliss-reactive ketones (excluding diaryl/α,β-unsaturated/α-hetero) is 1. The van der Waals surface area contributed by atoms with Crippen LogP contribution >= 0.6 is 0 Å². The molecule has 0 bridgehead atoms. The summed E-state index contributed by atoms with van der Waals surface area (Å²) in [4.78, 5) is 13.2. The molecule has 2 aromatic rings. The number of fused-ring (bicyclic) bond motifs is 1. The maximum Gasteiger partial charge on any atom is 0.173 e. The molecule has 0 saturated heterocycles. The lowest BCUT2D eigenvalue weighted by atomic mass is 9.75. The number of carbonyl (C=O) groups excluding carboxylic acids is 1. The van der Waals surface area contributed by atoms with E-state index >= 15 is 0 Å². The third-order valence-electron chi connectivity index (χ3n) is 6.02. The summed E-state index contributed by atoms with van der Waals surface area (Å²) in [6, 6.07) is 16.8. The van der Waals surface area contributed by atoms with Gasteiger partial charge in [-0.15, -0.1) is 0 Å². The minimum absolute atomic E-state index is 0.0118. The van der Waals surface area contributed by atoms with E-state index in [4.69, 9.17) is 4.74 Å². The smallest absolute Gasteiger partial charge is 0.173 e. The predicted octanol–water partition coefficient (Wildman–Crippen LogP) is 3.54. The zero-order valence-corrected chi connectivity index (χ0v) is 20.1. The van der Waals surface area contributed by atoms with E-state index in [1.54, 1.807) is 18.2 Å². The fourth-order valence-corrected chi connectivity index (χ4v) is 5.80. The molecule has 0 amide bonds. The van der Waals surface area contributed by atoms with Crippen LogP contribution in [0.5, 0.6) is 5.75 Å². The van der Waals surface area contributed by atoms with Gasteiger partial charge in [-0.25, -0.2) is 16.8 Å². The van der Waals surface area contributed by atoms with Gasteiger partial charge in [-0.2, -0.15) is 0 Å². The van der Waals surface area contributed by atoms with Crippen molar-refractivity contribution >= 4 is 25.5 Å². The van der Waals surface area contributed by atoms with E-state index in [-0.39, 0.29) is 41.6 Å². The molecule has 0 aromatic heterocycles. The molecule has 1 aliphatic heterocycles. The zero-order valence-electron chi connectivity index (χ0n) is 18.4. The first-order chi connectivity index (χ1) is 15.0. The predicted molar refractivity (Wildman–Crippen MR) is 126 cm³/mol. The monoisotopic (exact) mass is 478 g/mol. The normalized spacial score (nSPS) is 17.6. The van der Waals surface area contributed by atoms with Crippen molar-refractivity contribution in [3.05, 3.63) is 65.7 Å². The van der Waals surface area contributed by atoms with Gasteiger partial charge >= 0.3 is 0 Å². The third-order valence-corrected chi connectivity index (χ3v) is 7.97. The Morgan fingerprint density at radius 3 is 2.03 bits per heavy atom. The van der Waals surface area contributed by atoms with Gasteiger partial charge < -0.3 is 4.74 Å². The highest BCUT2D eigenvalue weighted by Gasteiger charge is 2.34. The molecule has 0 spiro atoms. The van der Waals surface area contributed by atoms with Gasteiger partial charge in [-0.05, 0) is 48.8 Å². The maximum absolute atomic E-state index is 13.2. The number of ether oxygens (including phenoxy) is 1. The SMILES string of the molecule is CS(=O)(=O)CCC(CCS(C)(=O)=O)C(CC1COc2ccccc2C1=O)c1ccccc1. The minimum Gasteiger partial charge on any atom is -0.492 e. The molecule has 1 aliphatic rings. The van der Waals surface area contributed by atoms with Crippen molar-refractivity contribution in [2.75, 3.05) is 30.6 Å². The molecular weight excluding hydrogens is 448 g/mol. The van der Waals surface area contributed by atoms with Gasteiger partial charge in [0.1, 0.15) is 25.4 Å². The van der Waals surface area contributed by atoms with Gasteiger partial charge in [0.15, 0.2) is 5.78 Å². The second-order valence-electron chi connectivity index (χ2n) is 8.72. The number of benzene rings is 2. The van der Waals surface area contributed by atoms with E-state index in [0.717, 1.165) is 5.56 Å². The van der Waals surface area contributed by atoms with Crippen molar-refractivity contribution < 1.29 is 26.4 Å². The number of rotatable bonds is 10. The summed E-state index contributed by atoms with van der Waals surface area (Å²) in [5.41, 5.74) is 1.53. The van der Waals surface area contributed by atoms with Crippen LogP contribution in [0.25, 0.3) is 0 Å². The molecule has 8 heteroatoms. The molecule has 3 rings (SSSR count). The standard InChI is InChI=1S/C24H30O6S2/c1-31(26,27)14-12-19(13-15-32(2,28)29)22(18-8-4-3-5-9-18)16-20-17-30-23-11-7-6-10-21(23)24(20)25/h3-11,19-20,22H,12-17H2,1-2H3. The molecular formula is C24H30O6S2. The molecule has 32 heavy (non-hydrogen) atoms. The lowest BCUT2D eigenvalue weighted by molar-refractivity contribution is 0.0801. The summed E-state index contributed by atoms with van der Waals surface area (Å²) in [6.07, 6.45) is 3.52. The highest BCUT2D eigenvalue weighted by molar-refractivity contribution is 7.90. The number of para-hydroxylation sites is 1. The summed E-state index contributed by atoms with van der Waals surface area (Å²) >= 11 is 0. The lowest BCUT2D eigenvalue weighted by Gasteiger charge is -2.32. The van der Waals surface area contributed by atoms with Crippen LogP contribution < -0.4 is 4.74 Å². The molecule has 2 aromatic carbocycles. The highest BCUT2D eigenvalue weighted by Crippen LogP contribution is 2.39. The van der Waals surface area contributed by atoms with Gasteiger partial charge in [0.2, 0.25) is 0 Å². The molecule has 0 N–H and O–H groups in total. The molecule has 0 aliphatic carbocycles. The van der Waals surface area contributed by atoms with Crippen molar-refractivity contribution in [1.29, 1.82) is 0 Å². The Kier molecular flexibility index (Phi) is 7.77. The van der Waals surface area contributed by atoms with Crippen molar-refractivity contribution in [3.63, 3.8) is 0 Å². The summed E-state index contributed by atoms with van der Waals surface area (Å²) < 4.78 is 53.4. The summed E-state index contributed by atoms with van der Waals surface area (Å²) in [7, 11) is -6.43. The van der Waals surface area contributed by atoms with Crippen LogP contribution in [0.3, 0.4) is 0 Å². The van der Waals surface area contributed by atoms with Crippen LogP contribution in [0.1, 0.15) is 41.1 Å². The first-order valence-electron chi connectivity index (χ1n) is 10.7. The van der Waals surface area contributed by atoms with Gasteiger partial charge in [0.05, 0.1) is 29.6 Å². The Hall–Kier alpha value is -2.19. The van der Waals surface area contributed by atoms with Crippen molar-refractivity contribution in [2.45, 2.75) is 25.2 Å². The molecule has 2 unspecified atom stereocenters. The van der Waals surface area contributed by atoms with E-state index in [9.17, 15) is 21.6 Å². The number of hydrogen-bond acceptors (Lipinski definition) is 6. The average molecular weight is 479 g/mol. The lowest BCUT2D eigenvalue weighted by Crippen LogP contribution is -2.31. The molecule has 0 fully saturated rings. The molecule has 0 saturated carbocycles. The number of hydrogen-bond donors (Lipinski definition) is 0. The van der Waals surface area contributed by atoms with E-state index < -0.39 is 19.7 Å². The van der Waals surface area contributed by atoms with Crippen LogP contribution in [0.2, 0.25) is 0 Å². The van der Waals surface area contributed by atoms with E-state index in [0.29, 0.717) is 30.6 Å². The first kappa shape index (κ1) is 24.5. The topological polar surface area (TPSA) is 94.6 Å². The van der Waals surface area contributed by atoms with Crippen LogP contribution in [0, 0.1) is 11.8 Å². The number of carbonyl (C=O) groups is 1. The molecule has 0 radical (unpaired) electrons. The molecule has 2 atom stereocenters. The fraction of sp³-hybridized carbons (Fsp3) is 0.458. The third kappa shape index (κ3) is 6.90. The van der Waals surface area contributed by atoms with Crippen molar-refractivity contribution in [2.24, 2.45) is 11.8 Å². The zero-order chi connectivity index (χ0) is 23.4. The number of ketones is 1. The Morgan fingerprint density at radius 2 is 1.44 bits per heavy atom.